The largest absolute Gasteiger partial charge is 0.454 e. The van der Waals surface area contributed by atoms with Crippen LogP contribution in [0.1, 0.15) is 284 Å². The van der Waals surface area contributed by atoms with Crippen LogP contribution in [0, 0.1) is 142 Å². The first-order valence-electron chi connectivity index (χ1n) is 46.4. The molecule has 0 fully saturated rings. The Morgan fingerprint density at radius 2 is 0.520 bits per heavy atom. The van der Waals surface area contributed by atoms with Gasteiger partial charge in [0.2, 0.25) is 6.79 Å². The number of benzene rings is 3. The van der Waals surface area contributed by atoms with Gasteiger partial charge < -0.3 is 23.5 Å². The summed E-state index contributed by atoms with van der Waals surface area (Å²) in [5.41, 5.74) is 1.29. The summed E-state index contributed by atoms with van der Waals surface area (Å²) in [6.45, 7) is 93.1. The molecule has 2 aliphatic rings. The van der Waals surface area contributed by atoms with Crippen LogP contribution in [0.25, 0.3) is 10.9 Å². The number of para-hydroxylation sites is 5. The molecule has 700 valence electrons. The van der Waals surface area contributed by atoms with Crippen molar-refractivity contribution < 1.29 is 23.3 Å². The highest BCUT2D eigenvalue weighted by Gasteiger charge is 2.36. The van der Waals surface area contributed by atoms with E-state index in [0.717, 1.165) is 154 Å². The van der Waals surface area contributed by atoms with Crippen LogP contribution in [0.15, 0.2) is 213 Å². The third-order valence-electron chi connectivity index (χ3n) is 23.8. The zero-order valence-corrected chi connectivity index (χ0v) is 87.1. The van der Waals surface area contributed by atoms with Crippen LogP contribution in [0.2, 0.25) is 0 Å². The molecule has 8 heterocycles. The fourth-order valence-electron chi connectivity index (χ4n) is 10.6. The third-order valence-corrected chi connectivity index (χ3v) is 24.4. The Labute approximate surface area is 762 Å². The highest BCUT2D eigenvalue weighted by molar-refractivity contribution is 7.07. The van der Waals surface area contributed by atoms with Gasteiger partial charge in [0.25, 0.3) is 0 Å². The summed E-state index contributed by atoms with van der Waals surface area (Å²) in [5.74, 6) is 23.0. The highest BCUT2D eigenvalue weighted by atomic mass is 32.1. The number of hydrogen-bond acceptors (Lipinski definition) is 12. The number of fused-ring (bicyclic) bond motifs is 3. The molecule has 0 amide bonds. The Hall–Kier alpha value is -7.58. The Kier molecular flexibility index (Phi) is 76.3. The maximum absolute atomic E-state index is 13.0. The van der Waals surface area contributed by atoms with E-state index in [4.69, 9.17) is 18.9 Å². The van der Waals surface area contributed by atoms with Crippen molar-refractivity contribution in [2.75, 3.05) is 6.79 Å². The van der Waals surface area contributed by atoms with Gasteiger partial charge in [0, 0.05) is 87.7 Å². The summed E-state index contributed by atoms with van der Waals surface area (Å²) in [7, 11) is 2.06. The molecule has 0 radical (unpaired) electrons. The molecule has 6 aromatic heterocycles. The van der Waals surface area contributed by atoms with E-state index >= 15 is 0 Å². The number of halogens is 1. The van der Waals surface area contributed by atoms with Crippen LogP contribution in [-0.2, 0) is 7.05 Å². The molecule has 0 aliphatic carbocycles. The fraction of sp³-hybridized carbons (Fsp3) is 0.624. The average Bonchev–Trinajstić information content (AvgIpc) is 1.67. The number of ether oxygens (including phenoxy) is 4. The lowest BCUT2D eigenvalue weighted by Gasteiger charge is -2.18. The topological polar surface area (TPSA) is 132 Å². The van der Waals surface area contributed by atoms with Crippen molar-refractivity contribution in [1.82, 2.24) is 39.7 Å². The molecule has 0 atom stereocenters. The Balaban J connectivity index is -0.000000404. The first kappa shape index (κ1) is 124. The summed E-state index contributed by atoms with van der Waals surface area (Å²) in [5, 5.41) is 12.5. The molecule has 0 N–H and O–H groups in total. The molecular weight excluding hydrogens is 1540 g/mol. The molecule has 0 saturated carbocycles. The maximum Gasteiger partial charge on any atom is 0.404 e. The van der Waals surface area contributed by atoms with Crippen LogP contribution < -0.4 is 18.9 Å². The number of hydrogen-bond donors (Lipinski definition) is 0. The number of thiophene rings is 1. The van der Waals surface area contributed by atoms with Crippen LogP contribution >= 0.6 is 11.3 Å². The van der Waals surface area contributed by atoms with Gasteiger partial charge in [-0.15, -0.1) is 0 Å². The van der Waals surface area contributed by atoms with Crippen molar-refractivity contribution in [2.45, 2.75) is 290 Å². The van der Waals surface area contributed by atoms with Crippen molar-refractivity contribution in [1.29, 1.82) is 0 Å². The van der Waals surface area contributed by atoms with Gasteiger partial charge in [-0.1, -0.05) is 338 Å². The van der Waals surface area contributed by atoms with Gasteiger partial charge in [0.05, 0.1) is 0 Å². The monoisotopic (exact) mass is 1720 g/mol. The van der Waals surface area contributed by atoms with Crippen LogP contribution in [-0.4, -0.2) is 52.5 Å². The van der Waals surface area contributed by atoms with E-state index in [0.29, 0.717) is 18.3 Å². The van der Waals surface area contributed by atoms with E-state index in [-0.39, 0.29) is 0 Å². The van der Waals surface area contributed by atoms with Gasteiger partial charge in [0.15, 0.2) is 23.0 Å². The number of nitrogens with zero attached hydrogens (tertiary/aromatic N) is 8. The standard InChI is InChI=1S/C9H9N.C8H7FO2.8C8H18.C7H6O2.C5H5N.3C4H4N2.C4H4S/c1-10-7-6-8-4-2-3-5-9(8)10;1-8(9)10-6-4-2-3-5-7(6)11-8;8*1-6(2)8(5)7(3)4;1-2-4-7-6(3-1)8-5-9-7;1-2-4-6-5-3-1;1-2-6-4-3-5-1;1-2-5-4-6-3-1;1-2-4-6-5-3-1;1-2-4-5-3-1/h2-7H,1H3;2-5H,1H3;8*6-8H,1-5H3;1-4H,5H2;1-5H;3*1-4H;1-4H. The maximum atomic E-state index is 13.0. The SMILES string of the molecule is CC(C)C(C)C(C)C.CC(C)C(C)C(C)C.CC(C)C(C)C(C)C.CC(C)C(C)C(C)C.CC(C)C(C)C(C)C.CC(C)C(C)C(C)C.CC(C)C(C)C(C)C.CC(C)C(C)C(C)C.CC1(F)Oc2ccccc2O1.Cn1ccc2ccccc21.c1ccc2c(c1)OCO2.c1ccncc1.c1ccnnc1.c1ccsc1.c1cnccn1.c1cncnc1. The molecule has 12 nitrogen and oxygen atoms in total. The lowest BCUT2D eigenvalue weighted by molar-refractivity contribution is -0.173. The molecule has 2 aliphatic heterocycles. The molecule has 123 heavy (non-hydrogen) atoms. The van der Waals surface area contributed by atoms with E-state index in [9.17, 15) is 4.39 Å². The summed E-state index contributed by atoms with van der Waals surface area (Å²) < 4.78 is 34.8. The molecule has 9 aromatic rings. The second-order valence-corrected chi connectivity index (χ2v) is 38.9. The zero-order chi connectivity index (χ0) is 95.3. The van der Waals surface area contributed by atoms with Gasteiger partial charge in [-0.3, -0.25) is 15.0 Å². The second kappa shape index (κ2) is 75.7. The lowest BCUT2D eigenvalue weighted by atomic mass is 9.88. The van der Waals surface area contributed by atoms with Crippen molar-refractivity contribution in [2.24, 2.45) is 149 Å². The van der Waals surface area contributed by atoms with Gasteiger partial charge in [-0.25, -0.2) is 9.97 Å². The number of aromatic nitrogens is 8. The van der Waals surface area contributed by atoms with Crippen LogP contribution in [0.3, 0.4) is 0 Å². The average molecular weight is 1720 g/mol. The van der Waals surface area contributed by atoms with Crippen LogP contribution in [0.4, 0.5) is 4.39 Å². The first-order chi connectivity index (χ1) is 57.4. The van der Waals surface area contributed by atoms with E-state index in [1.54, 1.807) is 104 Å². The van der Waals surface area contributed by atoms with Crippen LogP contribution in [0.5, 0.6) is 23.0 Å². The number of aryl methyl sites for hydroxylation is 1. The summed E-state index contributed by atoms with van der Waals surface area (Å²) in [6, 6.07) is 38.2. The van der Waals surface area contributed by atoms with E-state index < -0.39 is 6.04 Å². The quantitative estimate of drug-likeness (QED) is 0.0916. The van der Waals surface area contributed by atoms with Crippen molar-refractivity contribution in [3.05, 3.63) is 213 Å². The predicted molar refractivity (Wildman–Crippen MR) is 538 cm³/mol. The predicted octanol–water partition coefficient (Wildman–Crippen LogP) is 33.4. The molecule has 14 heteroatoms. The number of pyridine rings is 1. The fourth-order valence-corrected chi connectivity index (χ4v) is 11.0. The molecule has 0 bridgehead atoms. The molecule has 0 saturated heterocycles. The molecule has 11 rings (SSSR count). The van der Waals surface area contributed by atoms with Crippen molar-refractivity contribution in [3.63, 3.8) is 0 Å². The molecular formula is C109H187FN8O4S. The third kappa shape index (κ3) is 70.3. The smallest absolute Gasteiger partial charge is 0.404 e. The lowest BCUT2D eigenvalue weighted by Crippen LogP contribution is -2.27. The van der Waals surface area contributed by atoms with E-state index in [2.05, 4.69) is 360 Å². The normalized spacial score (nSPS) is 11.6. The minimum atomic E-state index is -2.00. The minimum Gasteiger partial charge on any atom is -0.454 e. The Morgan fingerprint density at radius 3 is 0.699 bits per heavy atom. The second-order valence-electron chi connectivity index (χ2n) is 38.1. The minimum absolute atomic E-state index is 0.360. The molecule has 0 spiro atoms. The van der Waals surface area contributed by atoms with Crippen molar-refractivity contribution in [3.8, 4) is 23.0 Å². The Bertz CT molecular complexity index is 3040. The number of rotatable bonds is 16. The van der Waals surface area contributed by atoms with Crippen molar-refractivity contribution >= 4 is 22.2 Å². The van der Waals surface area contributed by atoms with Gasteiger partial charge in [0.1, 0.15) is 6.33 Å². The van der Waals surface area contributed by atoms with Gasteiger partial charge >= 0.3 is 6.04 Å². The summed E-state index contributed by atoms with van der Waals surface area (Å²) in [4.78, 5) is 18.6. The van der Waals surface area contributed by atoms with Gasteiger partial charge in [-0.05, 0) is 225 Å². The summed E-state index contributed by atoms with van der Waals surface area (Å²) >= 11 is 1.71. The molecule has 3 aromatic carbocycles. The first-order valence-corrected chi connectivity index (χ1v) is 47.3. The van der Waals surface area contributed by atoms with E-state index in [1.165, 1.54) is 24.2 Å². The Morgan fingerprint density at radius 1 is 0.276 bits per heavy atom. The zero-order valence-electron chi connectivity index (χ0n) is 86.3. The number of alkyl halides is 1. The summed E-state index contributed by atoms with van der Waals surface area (Å²) in [6.07, 6.45) is 20.3. The molecule has 0 unspecified atom stereocenters. The van der Waals surface area contributed by atoms with Gasteiger partial charge in [-0.2, -0.15) is 25.9 Å². The van der Waals surface area contributed by atoms with E-state index in [1.807, 2.05) is 77.5 Å². The highest BCUT2D eigenvalue weighted by Crippen LogP contribution is 2.39.